The molecule has 0 spiro atoms. The third-order valence-corrected chi connectivity index (χ3v) is 2.82. The predicted molar refractivity (Wildman–Crippen MR) is 65.0 cm³/mol. The molecule has 0 aliphatic carbocycles. The summed E-state index contributed by atoms with van der Waals surface area (Å²) in [5, 5.41) is 22.5. The van der Waals surface area contributed by atoms with Gasteiger partial charge in [0.25, 0.3) is 0 Å². The number of aromatic carboxylic acids is 1. The molecule has 1 heterocycles. The molecule has 0 radical (unpaired) electrons. The van der Waals surface area contributed by atoms with Gasteiger partial charge in [-0.25, -0.2) is 9.48 Å². The molecule has 0 saturated heterocycles. The van der Waals surface area contributed by atoms with E-state index in [2.05, 4.69) is 5.10 Å². The average Bonchev–Trinajstić information content (AvgIpc) is 2.68. The second-order valence-corrected chi connectivity index (χ2v) is 4.06. The van der Waals surface area contributed by atoms with Crippen LogP contribution in [-0.2, 0) is 0 Å². The number of hydrogen-bond acceptors (Lipinski definition) is 3. The molecule has 0 aliphatic rings. The summed E-state index contributed by atoms with van der Waals surface area (Å²) in [6, 6.07) is 6.21. The molecule has 0 amide bonds. The second kappa shape index (κ2) is 4.51. The molecule has 1 aromatic carbocycles. The van der Waals surface area contributed by atoms with Crippen molar-refractivity contribution >= 4 is 17.6 Å². The molecule has 18 heavy (non-hydrogen) atoms. The van der Waals surface area contributed by atoms with E-state index in [1.165, 1.54) is 22.9 Å². The summed E-state index contributed by atoms with van der Waals surface area (Å²) >= 11 is 5.90. The van der Waals surface area contributed by atoms with Gasteiger partial charge in [-0.05, 0) is 25.1 Å². The van der Waals surface area contributed by atoms with Crippen LogP contribution in [0.5, 0.6) is 0 Å². The van der Waals surface area contributed by atoms with E-state index in [-0.39, 0.29) is 11.1 Å². The summed E-state index contributed by atoms with van der Waals surface area (Å²) in [4.78, 5) is 10.8. The van der Waals surface area contributed by atoms with Crippen molar-refractivity contribution < 1.29 is 9.90 Å². The fourth-order valence-electron chi connectivity index (χ4n) is 1.52. The zero-order valence-corrected chi connectivity index (χ0v) is 10.1. The largest absolute Gasteiger partial charge is 0.478 e. The summed E-state index contributed by atoms with van der Waals surface area (Å²) in [6.45, 7) is 1.75. The normalized spacial score (nSPS) is 10.1. The lowest BCUT2D eigenvalue weighted by Crippen LogP contribution is -2.02. The zero-order chi connectivity index (χ0) is 13.3. The monoisotopic (exact) mass is 261 g/mol. The Morgan fingerprint density at radius 3 is 2.78 bits per heavy atom. The van der Waals surface area contributed by atoms with Crippen molar-refractivity contribution in [3.8, 4) is 11.8 Å². The minimum absolute atomic E-state index is 0.0604. The first-order valence-corrected chi connectivity index (χ1v) is 5.40. The van der Waals surface area contributed by atoms with Crippen molar-refractivity contribution in [3.05, 3.63) is 46.2 Å². The zero-order valence-electron chi connectivity index (χ0n) is 9.38. The number of nitrogens with zero attached hydrogens (tertiary/aromatic N) is 3. The molecule has 0 aliphatic heterocycles. The maximum Gasteiger partial charge on any atom is 0.335 e. The molecule has 1 aromatic heterocycles. The van der Waals surface area contributed by atoms with Crippen LogP contribution in [0.1, 0.15) is 21.6 Å². The number of halogens is 1. The van der Waals surface area contributed by atoms with Gasteiger partial charge in [-0.3, -0.25) is 0 Å². The maximum absolute atomic E-state index is 10.8. The number of nitriles is 1. The van der Waals surface area contributed by atoms with Gasteiger partial charge in [0.15, 0.2) is 0 Å². The predicted octanol–water partition coefficient (Wildman–Crippen LogP) is 2.40. The van der Waals surface area contributed by atoms with Gasteiger partial charge in [0.2, 0.25) is 0 Å². The standard InChI is InChI=1S/C12H8ClN3O2/c1-7-10(13)6-16(15-7)11-3-2-8(12(17)18)4-9(11)5-14/h2-4,6H,1H3,(H,17,18). The lowest BCUT2D eigenvalue weighted by molar-refractivity contribution is 0.0697. The summed E-state index contributed by atoms with van der Waals surface area (Å²) in [5.41, 5.74) is 1.43. The van der Waals surface area contributed by atoms with Crippen LogP contribution in [0.2, 0.25) is 5.02 Å². The molecule has 0 saturated carbocycles. The summed E-state index contributed by atoms with van der Waals surface area (Å²) in [6.07, 6.45) is 1.58. The molecule has 0 atom stereocenters. The van der Waals surface area contributed by atoms with E-state index in [4.69, 9.17) is 22.0 Å². The summed E-state index contributed by atoms with van der Waals surface area (Å²) in [5.74, 6) is -1.08. The fourth-order valence-corrected chi connectivity index (χ4v) is 1.65. The minimum atomic E-state index is -1.08. The smallest absolute Gasteiger partial charge is 0.335 e. The number of rotatable bonds is 2. The Labute approximate surface area is 108 Å². The van der Waals surface area contributed by atoms with Gasteiger partial charge < -0.3 is 5.11 Å². The van der Waals surface area contributed by atoms with Crippen LogP contribution in [0.4, 0.5) is 0 Å². The number of aryl methyl sites for hydroxylation is 1. The van der Waals surface area contributed by atoms with Gasteiger partial charge in [-0.15, -0.1) is 0 Å². The third kappa shape index (κ3) is 2.06. The van der Waals surface area contributed by atoms with E-state index < -0.39 is 5.97 Å². The van der Waals surface area contributed by atoms with Crippen molar-refractivity contribution in [3.63, 3.8) is 0 Å². The van der Waals surface area contributed by atoms with E-state index in [9.17, 15) is 4.79 Å². The Morgan fingerprint density at radius 2 is 2.28 bits per heavy atom. The van der Waals surface area contributed by atoms with Crippen molar-refractivity contribution in [1.82, 2.24) is 9.78 Å². The Bertz CT molecular complexity index is 651. The summed E-state index contributed by atoms with van der Waals surface area (Å²) < 4.78 is 1.46. The quantitative estimate of drug-likeness (QED) is 0.900. The Hall–Kier alpha value is -2.32. The number of carbonyl (C=O) groups is 1. The molecule has 0 bridgehead atoms. The van der Waals surface area contributed by atoms with E-state index in [0.29, 0.717) is 16.4 Å². The van der Waals surface area contributed by atoms with Gasteiger partial charge in [0.05, 0.1) is 27.5 Å². The highest BCUT2D eigenvalue weighted by atomic mass is 35.5. The Balaban J connectivity index is 2.58. The Kier molecular flexibility index (Phi) is 3.04. The topological polar surface area (TPSA) is 78.9 Å². The molecule has 90 valence electrons. The lowest BCUT2D eigenvalue weighted by Gasteiger charge is -2.04. The van der Waals surface area contributed by atoms with Gasteiger partial charge >= 0.3 is 5.97 Å². The first-order chi connectivity index (χ1) is 8.52. The molecule has 0 fully saturated rings. The van der Waals surface area contributed by atoms with Crippen molar-refractivity contribution in [1.29, 1.82) is 5.26 Å². The lowest BCUT2D eigenvalue weighted by atomic mass is 10.1. The van der Waals surface area contributed by atoms with E-state index >= 15 is 0 Å². The van der Waals surface area contributed by atoms with Crippen molar-refractivity contribution in [2.75, 3.05) is 0 Å². The maximum atomic E-state index is 10.8. The van der Waals surface area contributed by atoms with E-state index in [1.54, 1.807) is 13.1 Å². The molecule has 1 N–H and O–H groups in total. The fraction of sp³-hybridized carbons (Fsp3) is 0.0833. The number of benzene rings is 1. The molecular weight excluding hydrogens is 254 g/mol. The first-order valence-electron chi connectivity index (χ1n) is 5.02. The van der Waals surface area contributed by atoms with Crippen LogP contribution in [-0.4, -0.2) is 20.9 Å². The number of carboxylic acids is 1. The first kappa shape index (κ1) is 12.1. The summed E-state index contributed by atoms with van der Waals surface area (Å²) in [7, 11) is 0. The minimum Gasteiger partial charge on any atom is -0.478 e. The van der Waals surface area contributed by atoms with Crippen LogP contribution in [0.3, 0.4) is 0 Å². The number of carboxylic acid groups (broad SMARTS) is 1. The van der Waals surface area contributed by atoms with Crippen LogP contribution in [0.25, 0.3) is 5.69 Å². The van der Waals surface area contributed by atoms with Crippen molar-refractivity contribution in [2.45, 2.75) is 6.92 Å². The van der Waals surface area contributed by atoms with Crippen molar-refractivity contribution in [2.24, 2.45) is 0 Å². The highest BCUT2D eigenvalue weighted by Gasteiger charge is 2.11. The van der Waals surface area contributed by atoms with E-state index in [1.807, 2.05) is 6.07 Å². The highest BCUT2D eigenvalue weighted by molar-refractivity contribution is 6.31. The molecule has 5 nitrogen and oxygen atoms in total. The molecule has 2 aromatic rings. The highest BCUT2D eigenvalue weighted by Crippen LogP contribution is 2.20. The van der Waals surface area contributed by atoms with Crippen LogP contribution < -0.4 is 0 Å². The SMILES string of the molecule is Cc1nn(-c2ccc(C(=O)O)cc2C#N)cc1Cl. The third-order valence-electron chi connectivity index (χ3n) is 2.45. The van der Waals surface area contributed by atoms with Crippen LogP contribution >= 0.6 is 11.6 Å². The molecular formula is C12H8ClN3O2. The number of hydrogen-bond donors (Lipinski definition) is 1. The molecule has 6 heteroatoms. The van der Waals surface area contributed by atoms with Gasteiger partial charge in [0, 0.05) is 6.20 Å². The van der Waals surface area contributed by atoms with Crippen LogP contribution in [0.15, 0.2) is 24.4 Å². The molecule has 0 unspecified atom stereocenters. The van der Waals surface area contributed by atoms with Crippen LogP contribution in [0, 0.1) is 18.3 Å². The van der Waals surface area contributed by atoms with Gasteiger partial charge in [-0.2, -0.15) is 10.4 Å². The second-order valence-electron chi connectivity index (χ2n) is 3.66. The Morgan fingerprint density at radius 1 is 1.56 bits per heavy atom. The van der Waals surface area contributed by atoms with Gasteiger partial charge in [-0.1, -0.05) is 11.6 Å². The molecule has 2 rings (SSSR count). The number of aromatic nitrogens is 2. The van der Waals surface area contributed by atoms with E-state index in [0.717, 1.165) is 0 Å². The van der Waals surface area contributed by atoms with Gasteiger partial charge in [0.1, 0.15) is 6.07 Å². The average molecular weight is 262 g/mol.